The van der Waals surface area contributed by atoms with Crippen molar-refractivity contribution < 1.29 is 27.2 Å². The molecule has 4 rings (SSSR count). The Kier molecular flexibility index (Phi) is 6.31. The van der Waals surface area contributed by atoms with Crippen molar-refractivity contribution in [1.29, 1.82) is 0 Å². The van der Waals surface area contributed by atoms with Gasteiger partial charge in [0.2, 0.25) is 5.91 Å². The summed E-state index contributed by atoms with van der Waals surface area (Å²) in [4.78, 5) is 26.4. The van der Waals surface area contributed by atoms with Crippen LogP contribution in [0.5, 0.6) is 0 Å². The summed E-state index contributed by atoms with van der Waals surface area (Å²) in [6, 6.07) is 12.5. The highest BCUT2D eigenvalue weighted by atomic mass is 19.2. The number of hydrogen-bond donors (Lipinski definition) is 0. The zero-order chi connectivity index (χ0) is 23.7. The minimum absolute atomic E-state index is 0.0833. The second-order valence-electron chi connectivity index (χ2n) is 8.23. The highest BCUT2D eigenvalue weighted by molar-refractivity contribution is 6.00. The number of amides is 1. The van der Waals surface area contributed by atoms with Crippen LogP contribution in [0.4, 0.5) is 23.2 Å². The molecule has 33 heavy (non-hydrogen) atoms. The molecular weight excluding hydrogens is 434 g/mol. The standard InChI is InChI=1S/C26H21F4NO2/c1-15-6-7-16(22(28)12-15)13-18(32)14-17-10-11-31(26(17)33)23-9-8-20(24(29)25(23)30)19-4-2-3-5-21(19)27/h2-9,12,17H,10-11,13-14H2,1H3/t17-/m0/s1. The molecule has 0 unspecified atom stereocenters. The molecule has 0 radical (unpaired) electrons. The summed E-state index contributed by atoms with van der Waals surface area (Å²) in [6.45, 7) is 1.86. The molecule has 0 spiro atoms. The number of ketones is 1. The Labute approximate surface area is 188 Å². The maximum atomic E-state index is 14.9. The fourth-order valence-electron chi connectivity index (χ4n) is 4.16. The SMILES string of the molecule is Cc1ccc(CC(=O)C[C@@H]2CCN(c3ccc(-c4ccccc4F)c(F)c3F)C2=O)c(F)c1. The van der Waals surface area contributed by atoms with Crippen LogP contribution in [0, 0.1) is 36.1 Å². The summed E-state index contributed by atoms with van der Waals surface area (Å²) in [5, 5.41) is 0. The van der Waals surface area contributed by atoms with Gasteiger partial charge in [-0.3, -0.25) is 9.59 Å². The number of halogens is 4. The van der Waals surface area contributed by atoms with Crippen LogP contribution in [0.25, 0.3) is 11.1 Å². The summed E-state index contributed by atoms with van der Waals surface area (Å²) < 4.78 is 57.6. The second kappa shape index (κ2) is 9.17. The Hall–Kier alpha value is -3.48. The minimum Gasteiger partial charge on any atom is -0.309 e. The quantitative estimate of drug-likeness (QED) is 0.443. The minimum atomic E-state index is -1.25. The lowest BCUT2D eigenvalue weighted by Gasteiger charge is -2.19. The van der Waals surface area contributed by atoms with Gasteiger partial charge in [-0.05, 0) is 48.7 Å². The molecule has 1 heterocycles. The molecule has 3 nitrogen and oxygen atoms in total. The maximum Gasteiger partial charge on any atom is 0.230 e. The van der Waals surface area contributed by atoms with E-state index in [1.165, 1.54) is 36.4 Å². The lowest BCUT2D eigenvalue weighted by atomic mass is 9.96. The average Bonchev–Trinajstić information content (AvgIpc) is 3.12. The summed E-state index contributed by atoms with van der Waals surface area (Å²) in [6.07, 6.45) is 0.0351. The van der Waals surface area contributed by atoms with Crippen LogP contribution in [0.3, 0.4) is 0 Å². The third-order valence-electron chi connectivity index (χ3n) is 5.90. The Morgan fingerprint density at radius 3 is 2.42 bits per heavy atom. The Morgan fingerprint density at radius 2 is 1.70 bits per heavy atom. The lowest BCUT2D eigenvalue weighted by Crippen LogP contribution is -2.29. The first-order chi connectivity index (χ1) is 15.8. The van der Waals surface area contributed by atoms with Gasteiger partial charge in [0.1, 0.15) is 17.4 Å². The molecule has 0 aromatic heterocycles. The van der Waals surface area contributed by atoms with Crippen LogP contribution in [-0.2, 0) is 16.0 Å². The van der Waals surface area contributed by atoms with Crippen LogP contribution in [0.1, 0.15) is 24.0 Å². The first kappa shape index (κ1) is 22.7. The molecule has 0 N–H and O–H groups in total. The van der Waals surface area contributed by atoms with Crippen molar-refractivity contribution in [2.45, 2.75) is 26.2 Å². The van der Waals surface area contributed by atoms with E-state index in [2.05, 4.69) is 0 Å². The van der Waals surface area contributed by atoms with E-state index in [1.807, 2.05) is 0 Å². The molecule has 1 atom stereocenters. The molecule has 0 saturated carbocycles. The summed E-state index contributed by atoms with van der Waals surface area (Å²) >= 11 is 0. The number of aryl methyl sites for hydroxylation is 1. The maximum absolute atomic E-state index is 14.9. The Morgan fingerprint density at radius 1 is 0.939 bits per heavy atom. The van der Waals surface area contributed by atoms with Crippen LogP contribution < -0.4 is 4.90 Å². The van der Waals surface area contributed by atoms with Crippen molar-refractivity contribution in [3.05, 3.63) is 89.0 Å². The molecule has 1 amide bonds. The van der Waals surface area contributed by atoms with E-state index >= 15 is 0 Å². The second-order valence-corrected chi connectivity index (χ2v) is 8.23. The predicted octanol–water partition coefficient (Wildman–Crippen LogP) is 5.77. The van der Waals surface area contributed by atoms with E-state index < -0.39 is 35.1 Å². The van der Waals surface area contributed by atoms with E-state index in [9.17, 15) is 27.2 Å². The predicted molar refractivity (Wildman–Crippen MR) is 117 cm³/mol. The van der Waals surface area contributed by atoms with E-state index in [0.29, 0.717) is 0 Å². The van der Waals surface area contributed by atoms with E-state index in [4.69, 9.17) is 0 Å². The number of Topliss-reactive ketones (excluding diaryl/α,β-unsaturated/α-hetero) is 1. The smallest absolute Gasteiger partial charge is 0.230 e. The van der Waals surface area contributed by atoms with Gasteiger partial charge in [-0.2, -0.15) is 0 Å². The van der Waals surface area contributed by atoms with Gasteiger partial charge in [0.15, 0.2) is 11.6 Å². The highest BCUT2D eigenvalue weighted by Crippen LogP contribution is 2.35. The van der Waals surface area contributed by atoms with Gasteiger partial charge in [0.05, 0.1) is 5.69 Å². The van der Waals surface area contributed by atoms with Crippen LogP contribution in [0.2, 0.25) is 0 Å². The molecular formula is C26H21F4NO2. The zero-order valence-electron chi connectivity index (χ0n) is 17.9. The van der Waals surface area contributed by atoms with Crippen molar-refractivity contribution in [2.75, 3.05) is 11.4 Å². The van der Waals surface area contributed by atoms with Gasteiger partial charge in [0, 0.05) is 36.4 Å². The Balaban J connectivity index is 1.49. The van der Waals surface area contributed by atoms with Crippen molar-refractivity contribution in [3.8, 4) is 11.1 Å². The fraction of sp³-hybridized carbons (Fsp3) is 0.231. The molecule has 3 aromatic rings. The van der Waals surface area contributed by atoms with Gasteiger partial charge in [-0.1, -0.05) is 30.3 Å². The molecule has 1 fully saturated rings. The van der Waals surface area contributed by atoms with Gasteiger partial charge in [-0.15, -0.1) is 0 Å². The van der Waals surface area contributed by atoms with Gasteiger partial charge in [0.25, 0.3) is 0 Å². The first-order valence-corrected chi connectivity index (χ1v) is 10.6. The third-order valence-corrected chi connectivity index (χ3v) is 5.90. The van der Waals surface area contributed by atoms with E-state index in [1.54, 1.807) is 19.1 Å². The average molecular weight is 455 g/mol. The number of rotatable bonds is 6. The number of hydrogen-bond acceptors (Lipinski definition) is 2. The molecule has 3 aromatic carbocycles. The van der Waals surface area contributed by atoms with Crippen molar-refractivity contribution in [3.63, 3.8) is 0 Å². The van der Waals surface area contributed by atoms with Gasteiger partial charge < -0.3 is 4.90 Å². The third kappa shape index (κ3) is 4.53. The normalized spacial score (nSPS) is 15.8. The number of carbonyl (C=O) groups is 2. The van der Waals surface area contributed by atoms with Crippen molar-refractivity contribution in [2.24, 2.45) is 5.92 Å². The van der Waals surface area contributed by atoms with Gasteiger partial charge in [-0.25, -0.2) is 17.6 Å². The van der Waals surface area contributed by atoms with Crippen molar-refractivity contribution in [1.82, 2.24) is 0 Å². The van der Waals surface area contributed by atoms with Crippen LogP contribution >= 0.6 is 0 Å². The Bertz CT molecular complexity index is 1240. The summed E-state index contributed by atoms with van der Waals surface area (Å²) in [5.41, 5.74) is 0.412. The topological polar surface area (TPSA) is 37.4 Å². The van der Waals surface area contributed by atoms with Crippen molar-refractivity contribution >= 4 is 17.4 Å². The molecule has 1 aliphatic heterocycles. The fourth-order valence-corrected chi connectivity index (χ4v) is 4.16. The lowest BCUT2D eigenvalue weighted by molar-refractivity contribution is -0.125. The molecule has 170 valence electrons. The highest BCUT2D eigenvalue weighted by Gasteiger charge is 2.36. The number of anilines is 1. The zero-order valence-corrected chi connectivity index (χ0v) is 17.9. The van der Waals surface area contributed by atoms with Crippen LogP contribution in [-0.4, -0.2) is 18.2 Å². The van der Waals surface area contributed by atoms with Gasteiger partial charge >= 0.3 is 0 Å². The molecule has 0 aliphatic carbocycles. The van der Waals surface area contributed by atoms with Crippen LogP contribution in [0.15, 0.2) is 54.6 Å². The first-order valence-electron chi connectivity index (χ1n) is 10.6. The molecule has 1 aliphatic rings. The van der Waals surface area contributed by atoms with E-state index in [0.717, 1.165) is 16.5 Å². The number of carbonyl (C=O) groups excluding carboxylic acids is 2. The summed E-state index contributed by atoms with van der Waals surface area (Å²) in [5.74, 6) is -5.17. The molecule has 0 bridgehead atoms. The largest absolute Gasteiger partial charge is 0.309 e. The number of benzene rings is 3. The molecule has 7 heteroatoms. The van der Waals surface area contributed by atoms with E-state index in [-0.39, 0.29) is 54.0 Å². The summed E-state index contributed by atoms with van der Waals surface area (Å²) in [7, 11) is 0. The number of nitrogens with zero attached hydrogens (tertiary/aromatic N) is 1. The molecule has 1 saturated heterocycles. The monoisotopic (exact) mass is 455 g/mol.